The first-order valence-corrected chi connectivity index (χ1v) is 10.3. The molecule has 0 amide bonds. The Morgan fingerprint density at radius 3 is 2.12 bits per heavy atom. The van der Waals surface area contributed by atoms with E-state index in [0.717, 1.165) is 44.7 Å². The highest BCUT2D eigenvalue weighted by Crippen LogP contribution is 2.41. The number of ether oxygens (including phenoxy) is 3. The summed E-state index contributed by atoms with van der Waals surface area (Å²) in [6.45, 7) is 0.616. The van der Waals surface area contributed by atoms with Gasteiger partial charge in [0.2, 0.25) is 0 Å². The Morgan fingerprint density at radius 1 is 0.719 bits per heavy atom. The maximum Gasteiger partial charge on any atom is 0.162 e. The number of hydrogen-bond acceptors (Lipinski definition) is 5. The van der Waals surface area contributed by atoms with Crippen LogP contribution in [0, 0.1) is 0 Å². The van der Waals surface area contributed by atoms with Gasteiger partial charge in [-0.15, -0.1) is 10.2 Å². The molecule has 3 aromatic rings. The van der Waals surface area contributed by atoms with E-state index in [-0.39, 0.29) is 0 Å². The van der Waals surface area contributed by atoms with Crippen LogP contribution in [0.1, 0.15) is 5.56 Å². The molecule has 3 aromatic carbocycles. The van der Waals surface area contributed by atoms with Crippen molar-refractivity contribution in [2.75, 3.05) is 21.3 Å². The topological polar surface area (TPSA) is 58.4 Å². The summed E-state index contributed by atoms with van der Waals surface area (Å²) in [6, 6.07) is 22.1. The quantitative estimate of drug-likeness (QED) is 0.371. The SMILES string of the molecule is COc1ccccc1Cn1cc2c(-c3ccccc3)nnc-2c2cc(OC)c(OC)cc21. The maximum atomic E-state index is 5.59. The summed E-state index contributed by atoms with van der Waals surface area (Å²) < 4.78 is 18.9. The summed E-state index contributed by atoms with van der Waals surface area (Å²) in [6.07, 6.45) is 2.11. The minimum absolute atomic E-state index is 0.616. The van der Waals surface area contributed by atoms with Gasteiger partial charge in [-0.2, -0.15) is 0 Å². The molecule has 160 valence electrons. The molecular weight excluding hydrogens is 402 g/mol. The van der Waals surface area contributed by atoms with Crippen LogP contribution in [0.3, 0.4) is 0 Å². The van der Waals surface area contributed by atoms with Crippen molar-refractivity contribution < 1.29 is 14.2 Å². The Hall–Kier alpha value is -4.06. The van der Waals surface area contributed by atoms with E-state index in [1.807, 2.05) is 60.7 Å². The average molecular weight is 425 g/mol. The van der Waals surface area contributed by atoms with Crippen molar-refractivity contribution in [2.24, 2.45) is 0 Å². The molecule has 6 heteroatoms. The number of benzene rings is 3. The van der Waals surface area contributed by atoms with E-state index < -0.39 is 0 Å². The third-order valence-corrected chi connectivity index (χ3v) is 5.69. The minimum Gasteiger partial charge on any atom is -0.496 e. The van der Waals surface area contributed by atoms with Gasteiger partial charge in [0.1, 0.15) is 17.1 Å². The van der Waals surface area contributed by atoms with Crippen molar-refractivity contribution >= 4 is 10.9 Å². The van der Waals surface area contributed by atoms with Crippen LogP contribution in [0.15, 0.2) is 72.9 Å². The molecule has 0 saturated heterocycles. The van der Waals surface area contributed by atoms with Gasteiger partial charge in [0.25, 0.3) is 0 Å². The Balaban J connectivity index is 1.79. The van der Waals surface area contributed by atoms with Gasteiger partial charge < -0.3 is 18.8 Å². The van der Waals surface area contributed by atoms with E-state index in [0.29, 0.717) is 18.0 Å². The van der Waals surface area contributed by atoms with E-state index in [2.05, 4.69) is 27.0 Å². The lowest BCUT2D eigenvalue weighted by molar-refractivity contribution is 0.355. The predicted molar refractivity (Wildman–Crippen MR) is 125 cm³/mol. The second-order valence-corrected chi connectivity index (χ2v) is 7.47. The predicted octanol–water partition coefficient (Wildman–Crippen LogP) is 5.28. The Bertz CT molecular complexity index is 1360. The molecule has 0 radical (unpaired) electrons. The number of methoxy groups -OCH3 is 3. The van der Waals surface area contributed by atoms with E-state index in [9.17, 15) is 0 Å². The standard InChI is InChI=1S/C26H23N3O3/c1-30-22-12-8-7-11-18(22)15-29-16-20-25(17-9-5-4-6-10-17)27-28-26(20)19-13-23(31-2)24(32-3)14-21(19)29/h4-14,16H,15H2,1-3H3. The van der Waals surface area contributed by atoms with Crippen LogP contribution in [0.4, 0.5) is 0 Å². The van der Waals surface area contributed by atoms with E-state index in [1.54, 1.807) is 21.3 Å². The highest BCUT2D eigenvalue weighted by Gasteiger charge is 2.22. The molecule has 0 atom stereocenters. The molecule has 32 heavy (non-hydrogen) atoms. The first-order chi connectivity index (χ1) is 15.7. The van der Waals surface area contributed by atoms with Gasteiger partial charge in [-0.05, 0) is 12.1 Å². The zero-order chi connectivity index (χ0) is 22.1. The zero-order valence-corrected chi connectivity index (χ0v) is 18.2. The van der Waals surface area contributed by atoms with Crippen molar-refractivity contribution in [1.82, 2.24) is 14.8 Å². The molecule has 0 N–H and O–H groups in total. The van der Waals surface area contributed by atoms with Gasteiger partial charge in [-0.1, -0.05) is 48.5 Å². The second-order valence-electron chi connectivity index (χ2n) is 7.47. The highest BCUT2D eigenvalue weighted by molar-refractivity contribution is 5.99. The molecular formula is C26H23N3O3. The van der Waals surface area contributed by atoms with Crippen molar-refractivity contribution in [3.05, 3.63) is 78.5 Å². The molecule has 6 nitrogen and oxygen atoms in total. The van der Waals surface area contributed by atoms with Gasteiger partial charge in [-0.25, -0.2) is 0 Å². The molecule has 0 aromatic heterocycles. The van der Waals surface area contributed by atoms with Crippen molar-refractivity contribution in [1.29, 1.82) is 0 Å². The summed E-state index contributed by atoms with van der Waals surface area (Å²) in [5.74, 6) is 2.16. The molecule has 0 saturated carbocycles. The van der Waals surface area contributed by atoms with Crippen LogP contribution in [0.25, 0.3) is 33.4 Å². The Morgan fingerprint density at radius 2 is 1.38 bits per heavy atom. The molecule has 0 unspecified atom stereocenters. The van der Waals surface area contributed by atoms with Crippen LogP contribution < -0.4 is 14.2 Å². The average Bonchev–Trinajstić information content (AvgIpc) is 3.28. The van der Waals surface area contributed by atoms with Gasteiger partial charge in [-0.3, -0.25) is 0 Å². The molecule has 0 spiro atoms. The van der Waals surface area contributed by atoms with Gasteiger partial charge in [0.15, 0.2) is 11.5 Å². The van der Waals surface area contributed by atoms with Crippen LogP contribution in [0.2, 0.25) is 0 Å². The fourth-order valence-electron chi connectivity index (χ4n) is 4.12. The van der Waals surface area contributed by atoms with Crippen molar-refractivity contribution in [2.45, 2.75) is 6.54 Å². The van der Waals surface area contributed by atoms with Crippen molar-refractivity contribution in [3.63, 3.8) is 0 Å². The third-order valence-electron chi connectivity index (χ3n) is 5.69. The number of para-hydroxylation sites is 1. The highest BCUT2D eigenvalue weighted by atomic mass is 16.5. The Labute approximate surface area is 186 Å². The number of fused-ring (bicyclic) bond motifs is 3. The monoisotopic (exact) mass is 425 g/mol. The number of rotatable bonds is 6. The number of hydrogen-bond donors (Lipinski definition) is 0. The lowest BCUT2D eigenvalue weighted by Gasteiger charge is -2.18. The summed E-state index contributed by atoms with van der Waals surface area (Å²) in [5.41, 5.74) is 5.73. The van der Waals surface area contributed by atoms with Gasteiger partial charge in [0.05, 0.1) is 33.4 Å². The number of aromatic nitrogens is 3. The normalized spacial score (nSPS) is 11.1. The third kappa shape index (κ3) is 3.30. The van der Waals surface area contributed by atoms with E-state index in [1.165, 1.54) is 0 Å². The summed E-state index contributed by atoms with van der Waals surface area (Å²) in [4.78, 5) is 0. The lowest BCUT2D eigenvalue weighted by Crippen LogP contribution is -2.06. The zero-order valence-electron chi connectivity index (χ0n) is 18.2. The van der Waals surface area contributed by atoms with Crippen LogP contribution in [-0.2, 0) is 6.54 Å². The molecule has 0 bridgehead atoms. The number of nitrogens with zero attached hydrogens (tertiary/aromatic N) is 3. The first-order valence-electron chi connectivity index (χ1n) is 10.3. The van der Waals surface area contributed by atoms with E-state index >= 15 is 0 Å². The summed E-state index contributed by atoms with van der Waals surface area (Å²) in [5, 5.41) is 10.0. The van der Waals surface area contributed by atoms with Gasteiger partial charge in [0, 0.05) is 34.3 Å². The summed E-state index contributed by atoms with van der Waals surface area (Å²) in [7, 11) is 4.97. The molecule has 0 aliphatic carbocycles. The second kappa shape index (κ2) is 8.23. The molecule has 2 aliphatic rings. The smallest absolute Gasteiger partial charge is 0.162 e. The van der Waals surface area contributed by atoms with Crippen molar-refractivity contribution in [3.8, 4) is 39.8 Å². The summed E-state index contributed by atoms with van der Waals surface area (Å²) >= 11 is 0. The Kier molecular flexibility index (Phi) is 5.11. The molecule has 0 fully saturated rings. The van der Waals surface area contributed by atoms with Crippen LogP contribution in [0.5, 0.6) is 17.2 Å². The van der Waals surface area contributed by atoms with Gasteiger partial charge >= 0.3 is 0 Å². The van der Waals surface area contributed by atoms with Crippen LogP contribution in [-0.4, -0.2) is 36.1 Å². The molecule has 2 heterocycles. The maximum absolute atomic E-state index is 5.59. The fourth-order valence-corrected chi connectivity index (χ4v) is 4.12. The molecule has 2 aliphatic heterocycles. The lowest BCUT2D eigenvalue weighted by atomic mass is 10.0. The number of pyridine rings is 1. The minimum atomic E-state index is 0.616. The van der Waals surface area contributed by atoms with Crippen LogP contribution >= 0.6 is 0 Å². The fraction of sp³-hybridized carbons (Fsp3) is 0.154. The molecule has 5 rings (SSSR count). The largest absolute Gasteiger partial charge is 0.496 e. The first kappa shape index (κ1) is 19.9. The van der Waals surface area contributed by atoms with E-state index in [4.69, 9.17) is 14.2 Å².